The average Bonchev–Trinajstić information content (AvgIpc) is 2.60. The van der Waals surface area contributed by atoms with Gasteiger partial charge in [-0.1, -0.05) is 12.1 Å². The van der Waals surface area contributed by atoms with E-state index in [2.05, 4.69) is 5.32 Å². The summed E-state index contributed by atoms with van der Waals surface area (Å²) in [4.78, 5) is 22.2. The lowest BCUT2D eigenvalue weighted by molar-refractivity contribution is -0.385. The Balaban J connectivity index is 1.93. The largest absolute Gasteiger partial charge is 0.490 e. The summed E-state index contributed by atoms with van der Waals surface area (Å²) in [5.41, 5.74) is 0.566. The molecule has 1 atom stereocenters. The number of nitrogens with zero attached hydrogens (tertiary/aromatic N) is 1. The SMILES string of the molecule is COc1cc(OCC(=O)N[C@H](C)c2ccc(F)cc2)ccc1[N+](=O)[O-]. The van der Waals surface area contributed by atoms with Gasteiger partial charge in [-0.25, -0.2) is 4.39 Å². The van der Waals surface area contributed by atoms with E-state index < -0.39 is 4.92 Å². The fraction of sp³-hybridized carbons (Fsp3) is 0.235. The van der Waals surface area contributed by atoms with E-state index in [-0.39, 0.29) is 41.6 Å². The number of nitro benzene ring substituents is 1. The summed E-state index contributed by atoms with van der Waals surface area (Å²) in [6.07, 6.45) is 0. The molecule has 7 nitrogen and oxygen atoms in total. The minimum atomic E-state index is -0.570. The summed E-state index contributed by atoms with van der Waals surface area (Å²) in [7, 11) is 1.31. The minimum absolute atomic E-state index is 0.0441. The first-order valence-electron chi connectivity index (χ1n) is 7.40. The van der Waals surface area contributed by atoms with Crippen molar-refractivity contribution in [1.29, 1.82) is 0 Å². The highest BCUT2D eigenvalue weighted by Crippen LogP contribution is 2.30. The average molecular weight is 348 g/mol. The van der Waals surface area contributed by atoms with Crippen molar-refractivity contribution >= 4 is 11.6 Å². The van der Waals surface area contributed by atoms with Gasteiger partial charge in [0.25, 0.3) is 5.91 Å². The molecule has 25 heavy (non-hydrogen) atoms. The maximum atomic E-state index is 12.9. The Labute approximate surface area is 143 Å². The van der Waals surface area contributed by atoms with Crippen molar-refractivity contribution in [3.8, 4) is 11.5 Å². The molecule has 1 amide bonds. The number of nitrogens with one attached hydrogen (secondary N) is 1. The number of amides is 1. The molecule has 0 heterocycles. The van der Waals surface area contributed by atoms with Gasteiger partial charge in [0.15, 0.2) is 6.61 Å². The van der Waals surface area contributed by atoms with Gasteiger partial charge in [-0.15, -0.1) is 0 Å². The molecule has 0 aliphatic rings. The Morgan fingerprint density at radius 2 is 1.96 bits per heavy atom. The molecule has 0 unspecified atom stereocenters. The number of hydrogen-bond acceptors (Lipinski definition) is 5. The number of nitro groups is 1. The number of methoxy groups -OCH3 is 1. The van der Waals surface area contributed by atoms with Crippen LogP contribution in [0.5, 0.6) is 11.5 Å². The third-order valence-corrected chi connectivity index (χ3v) is 3.47. The molecule has 0 aromatic heterocycles. The number of rotatable bonds is 7. The van der Waals surface area contributed by atoms with Crippen molar-refractivity contribution in [2.75, 3.05) is 13.7 Å². The predicted molar refractivity (Wildman–Crippen MR) is 88.1 cm³/mol. The molecule has 0 bridgehead atoms. The van der Waals surface area contributed by atoms with Gasteiger partial charge in [0.1, 0.15) is 11.6 Å². The number of ether oxygens (including phenoxy) is 2. The van der Waals surface area contributed by atoms with E-state index in [1.54, 1.807) is 19.1 Å². The molecule has 1 N–H and O–H groups in total. The lowest BCUT2D eigenvalue weighted by Crippen LogP contribution is -2.31. The fourth-order valence-electron chi connectivity index (χ4n) is 2.17. The van der Waals surface area contributed by atoms with Gasteiger partial charge in [-0.3, -0.25) is 14.9 Å². The van der Waals surface area contributed by atoms with Crippen LogP contribution >= 0.6 is 0 Å². The number of hydrogen-bond donors (Lipinski definition) is 1. The van der Waals surface area contributed by atoms with Crippen LogP contribution in [-0.2, 0) is 4.79 Å². The molecule has 0 spiro atoms. The summed E-state index contributed by atoms with van der Waals surface area (Å²) in [5.74, 6) is -0.415. The second kappa shape index (κ2) is 8.09. The van der Waals surface area contributed by atoms with Crippen molar-refractivity contribution in [3.05, 3.63) is 64.0 Å². The van der Waals surface area contributed by atoms with E-state index in [0.29, 0.717) is 0 Å². The highest BCUT2D eigenvalue weighted by atomic mass is 19.1. The zero-order valence-electron chi connectivity index (χ0n) is 13.7. The Kier molecular flexibility index (Phi) is 5.89. The van der Waals surface area contributed by atoms with Crippen molar-refractivity contribution in [2.45, 2.75) is 13.0 Å². The van der Waals surface area contributed by atoms with Crippen molar-refractivity contribution in [3.63, 3.8) is 0 Å². The third-order valence-electron chi connectivity index (χ3n) is 3.47. The maximum absolute atomic E-state index is 12.9. The van der Waals surface area contributed by atoms with Crippen LogP contribution in [-0.4, -0.2) is 24.5 Å². The van der Waals surface area contributed by atoms with E-state index in [4.69, 9.17) is 9.47 Å². The molecule has 8 heteroatoms. The lowest BCUT2D eigenvalue weighted by Gasteiger charge is -2.15. The Morgan fingerprint density at radius 1 is 1.28 bits per heavy atom. The van der Waals surface area contributed by atoms with Crippen LogP contribution in [0.1, 0.15) is 18.5 Å². The Hall–Kier alpha value is -3.16. The normalized spacial score (nSPS) is 11.5. The van der Waals surface area contributed by atoms with Crippen LogP contribution in [0.2, 0.25) is 0 Å². The van der Waals surface area contributed by atoms with Crippen LogP contribution < -0.4 is 14.8 Å². The summed E-state index contributed by atoms with van der Waals surface area (Å²) in [6.45, 7) is 1.49. The van der Waals surface area contributed by atoms with Crippen molar-refractivity contribution < 1.29 is 23.6 Å². The number of carbonyl (C=O) groups excluding carboxylic acids is 1. The zero-order chi connectivity index (χ0) is 18.4. The number of benzene rings is 2. The van der Waals surface area contributed by atoms with Crippen LogP contribution in [0.25, 0.3) is 0 Å². The van der Waals surface area contributed by atoms with Gasteiger partial charge in [0, 0.05) is 12.1 Å². The molecular formula is C17H17FN2O5. The van der Waals surface area contributed by atoms with Gasteiger partial charge in [0.05, 0.1) is 18.1 Å². The quantitative estimate of drug-likeness (QED) is 0.613. The fourth-order valence-corrected chi connectivity index (χ4v) is 2.17. The van der Waals surface area contributed by atoms with E-state index >= 15 is 0 Å². The molecule has 2 rings (SSSR count). The minimum Gasteiger partial charge on any atom is -0.490 e. The number of halogens is 1. The lowest BCUT2D eigenvalue weighted by atomic mass is 10.1. The molecule has 0 radical (unpaired) electrons. The van der Waals surface area contributed by atoms with E-state index in [9.17, 15) is 19.3 Å². The first-order valence-corrected chi connectivity index (χ1v) is 7.40. The molecule has 0 fully saturated rings. The molecule has 2 aromatic rings. The van der Waals surface area contributed by atoms with Crippen LogP contribution in [0.4, 0.5) is 10.1 Å². The summed E-state index contributed by atoms with van der Waals surface area (Å²) in [5, 5.41) is 13.6. The molecule has 0 aliphatic heterocycles. The van der Waals surface area contributed by atoms with Gasteiger partial charge < -0.3 is 14.8 Å². The third kappa shape index (κ3) is 4.90. The van der Waals surface area contributed by atoms with Crippen molar-refractivity contribution in [2.24, 2.45) is 0 Å². The topological polar surface area (TPSA) is 90.7 Å². The van der Waals surface area contributed by atoms with E-state index in [1.807, 2.05) is 0 Å². The van der Waals surface area contributed by atoms with Gasteiger partial charge >= 0.3 is 5.69 Å². The Morgan fingerprint density at radius 3 is 2.56 bits per heavy atom. The van der Waals surface area contributed by atoms with Crippen LogP contribution in [0, 0.1) is 15.9 Å². The standard InChI is InChI=1S/C17H17FN2O5/c1-11(12-3-5-13(18)6-4-12)19-17(21)10-25-14-7-8-15(20(22)23)16(9-14)24-2/h3-9,11H,10H2,1-2H3,(H,19,21)/t11-/m1/s1. The summed E-state index contributed by atoms with van der Waals surface area (Å²) >= 11 is 0. The van der Waals surface area contributed by atoms with Gasteiger partial charge in [-0.05, 0) is 30.7 Å². The second-order valence-electron chi connectivity index (χ2n) is 5.22. The molecule has 0 saturated heterocycles. The monoisotopic (exact) mass is 348 g/mol. The highest BCUT2D eigenvalue weighted by molar-refractivity contribution is 5.78. The van der Waals surface area contributed by atoms with E-state index in [1.165, 1.54) is 37.4 Å². The summed E-state index contributed by atoms with van der Waals surface area (Å²) in [6, 6.07) is 9.46. The molecule has 0 aliphatic carbocycles. The predicted octanol–water partition coefficient (Wildman–Crippen LogP) is 3.00. The van der Waals surface area contributed by atoms with Crippen LogP contribution in [0.3, 0.4) is 0 Å². The van der Waals surface area contributed by atoms with Gasteiger partial charge in [0.2, 0.25) is 5.75 Å². The molecular weight excluding hydrogens is 331 g/mol. The molecule has 2 aromatic carbocycles. The van der Waals surface area contributed by atoms with Gasteiger partial charge in [-0.2, -0.15) is 0 Å². The maximum Gasteiger partial charge on any atom is 0.311 e. The molecule has 132 valence electrons. The summed E-state index contributed by atoms with van der Waals surface area (Å²) < 4.78 is 23.2. The highest BCUT2D eigenvalue weighted by Gasteiger charge is 2.16. The van der Waals surface area contributed by atoms with Crippen molar-refractivity contribution in [1.82, 2.24) is 5.32 Å². The first-order chi connectivity index (χ1) is 11.9. The molecule has 0 saturated carbocycles. The second-order valence-corrected chi connectivity index (χ2v) is 5.22. The zero-order valence-corrected chi connectivity index (χ0v) is 13.7. The Bertz CT molecular complexity index is 764. The number of carbonyl (C=O) groups is 1. The van der Waals surface area contributed by atoms with E-state index in [0.717, 1.165) is 5.56 Å². The van der Waals surface area contributed by atoms with Crippen LogP contribution in [0.15, 0.2) is 42.5 Å². The first kappa shape index (κ1) is 18.2. The smallest absolute Gasteiger partial charge is 0.311 e.